The number of fused-ring (bicyclic) bond motifs is 3. The zero-order valence-corrected chi connectivity index (χ0v) is 40.4. The van der Waals surface area contributed by atoms with Gasteiger partial charge in [-0.15, -0.1) is 0 Å². The van der Waals surface area contributed by atoms with Crippen LogP contribution in [0.5, 0.6) is 0 Å². The lowest BCUT2D eigenvalue weighted by molar-refractivity contribution is 1.07. The quantitative estimate of drug-likeness (QED) is 0.140. The third-order valence-corrected chi connectivity index (χ3v) is 13.3. The Morgan fingerprint density at radius 1 is 0.397 bits per heavy atom. The lowest BCUT2D eigenvalue weighted by atomic mass is 9.88. The molecule has 9 aromatic carbocycles. The van der Waals surface area contributed by atoms with Gasteiger partial charge in [0.1, 0.15) is 0 Å². The number of aryl methyl sites for hydroxylation is 4. The molecular formula is C65H42N8. The lowest BCUT2D eigenvalue weighted by Crippen LogP contribution is -2.05. The first kappa shape index (κ1) is 45.2. The van der Waals surface area contributed by atoms with E-state index in [1.807, 2.05) is 84.9 Å². The molecule has 0 aliphatic carbocycles. The van der Waals surface area contributed by atoms with Crippen molar-refractivity contribution in [2.75, 3.05) is 0 Å². The zero-order valence-electron chi connectivity index (χ0n) is 40.4. The van der Waals surface area contributed by atoms with E-state index >= 15 is 0 Å². The van der Waals surface area contributed by atoms with Crippen molar-refractivity contribution in [2.24, 2.45) is 0 Å². The number of aromatic nitrogens is 4. The third kappa shape index (κ3) is 8.43. The minimum absolute atomic E-state index is 0.285. The van der Waals surface area contributed by atoms with Crippen LogP contribution in [0, 0.1) is 68.3 Å². The summed E-state index contributed by atoms with van der Waals surface area (Å²) in [5.74, 6) is 1.30. The fourth-order valence-corrected chi connectivity index (χ4v) is 10.1. The van der Waals surface area contributed by atoms with Crippen molar-refractivity contribution < 1.29 is 0 Å². The van der Waals surface area contributed by atoms with Gasteiger partial charge in [0.15, 0.2) is 23.2 Å². The highest BCUT2D eigenvalue weighted by molar-refractivity contribution is 6.13. The summed E-state index contributed by atoms with van der Waals surface area (Å²) >= 11 is 0. The summed E-state index contributed by atoms with van der Waals surface area (Å²) in [6.45, 7) is 16.4. The molecule has 0 fully saturated rings. The number of rotatable bonds is 8. The first-order valence-corrected chi connectivity index (χ1v) is 23.8. The monoisotopic (exact) mass is 934 g/mol. The van der Waals surface area contributed by atoms with Gasteiger partial charge in [0.25, 0.3) is 0 Å². The largest absolute Gasteiger partial charge is 0.308 e. The highest BCUT2D eigenvalue weighted by Gasteiger charge is 2.26. The fourth-order valence-electron chi connectivity index (χ4n) is 10.1. The second-order valence-corrected chi connectivity index (χ2v) is 18.4. The van der Waals surface area contributed by atoms with Gasteiger partial charge >= 0.3 is 0 Å². The van der Waals surface area contributed by atoms with Crippen LogP contribution < -0.4 is 0 Å². The highest BCUT2D eigenvalue weighted by atomic mass is 15.0. The zero-order chi connectivity index (χ0) is 50.3. The van der Waals surface area contributed by atoms with Crippen molar-refractivity contribution >= 4 is 27.5 Å². The summed E-state index contributed by atoms with van der Waals surface area (Å²) in [5.41, 5.74) is 17.3. The van der Waals surface area contributed by atoms with Crippen LogP contribution >= 0.6 is 0 Å². The van der Waals surface area contributed by atoms with E-state index in [1.165, 1.54) is 22.3 Å². The molecule has 0 aliphatic rings. The van der Waals surface area contributed by atoms with Crippen molar-refractivity contribution in [2.45, 2.75) is 27.7 Å². The average Bonchev–Trinajstić information content (AvgIpc) is 3.75. The van der Waals surface area contributed by atoms with Gasteiger partial charge in [-0.3, -0.25) is 0 Å². The molecule has 2 heterocycles. The summed E-state index contributed by atoms with van der Waals surface area (Å²) in [6, 6.07) is 67.2. The van der Waals surface area contributed by atoms with Crippen molar-refractivity contribution in [3.8, 4) is 103 Å². The molecule has 0 unspecified atom stereocenters. The number of nitrogens with zero attached hydrogens (tertiary/aromatic N) is 8. The average molecular weight is 935 g/mol. The van der Waals surface area contributed by atoms with Crippen LogP contribution in [0.1, 0.15) is 38.9 Å². The van der Waals surface area contributed by atoms with E-state index in [-0.39, 0.29) is 5.56 Å². The van der Waals surface area contributed by atoms with Gasteiger partial charge < -0.3 is 4.57 Å². The molecule has 11 rings (SSSR count). The Bertz CT molecular complexity index is 3930. The van der Waals surface area contributed by atoms with Crippen LogP contribution in [-0.2, 0) is 0 Å². The molecular weight excluding hydrogens is 893 g/mol. The predicted octanol–water partition coefficient (Wildman–Crippen LogP) is 16.0. The van der Waals surface area contributed by atoms with Gasteiger partial charge in [0.05, 0.1) is 52.6 Å². The second kappa shape index (κ2) is 18.6. The molecule has 342 valence electrons. The van der Waals surface area contributed by atoms with E-state index in [0.29, 0.717) is 67.8 Å². The molecule has 0 aliphatic heterocycles. The second-order valence-electron chi connectivity index (χ2n) is 18.4. The first-order chi connectivity index (χ1) is 35.6. The molecule has 73 heavy (non-hydrogen) atoms. The van der Waals surface area contributed by atoms with E-state index in [1.54, 1.807) is 24.3 Å². The maximum absolute atomic E-state index is 11.0. The third-order valence-electron chi connectivity index (χ3n) is 13.3. The molecule has 0 N–H and O–H groups in total. The summed E-state index contributed by atoms with van der Waals surface area (Å²) in [5, 5.41) is 34.1. The molecule has 0 bridgehead atoms. The summed E-state index contributed by atoms with van der Waals surface area (Å²) in [6.07, 6.45) is 0. The van der Waals surface area contributed by atoms with Gasteiger partial charge in [-0.05, 0) is 110 Å². The number of nitriles is 3. The number of hydrogen-bond donors (Lipinski definition) is 0. The molecule has 0 radical (unpaired) electrons. The van der Waals surface area contributed by atoms with Crippen molar-refractivity contribution in [1.29, 1.82) is 15.8 Å². The number of benzene rings is 9. The standard InChI is InChI=1S/C65H42N8/c1-39-24-40(2)27-48(26-39)46-17-22-60-56(32-46)57-33-47(49-28-41(3)25-42(4)29-49)18-23-61(57)73(60)62-58(54-20-16-43(36-66)30-51(54)37-67)34-50(35-59(62)55-21-19-53(69-5)31-52(55)38-68)65-71-63(44-12-8-6-9-13-44)70-64(72-65)45-14-10-7-11-15-45/h6-35H,1-4H3. The SMILES string of the molecule is [C-]#[N+]c1ccc(-c2cc(-c3nc(-c4ccccc4)nc(-c4ccccc4)n3)cc(-c3ccc(C#N)cc3C#N)c2-n2c3ccc(-c4cc(C)cc(C)c4)cc3c3cc(-c4cc(C)cc(C)c4)ccc32)c(C#N)c1. The molecule has 0 amide bonds. The molecule has 8 nitrogen and oxygen atoms in total. The van der Waals surface area contributed by atoms with Crippen molar-refractivity contribution in [3.05, 3.63) is 232 Å². The molecule has 2 aromatic heterocycles. The Balaban J connectivity index is 1.31. The van der Waals surface area contributed by atoms with Gasteiger partial charge in [-0.25, -0.2) is 19.8 Å². The Morgan fingerprint density at radius 2 is 0.849 bits per heavy atom. The van der Waals surface area contributed by atoms with Crippen molar-refractivity contribution in [1.82, 2.24) is 19.5 Å². The van der Waals surface area contributed by atoms with E-state index in [9.17, 15) is 15.8 Å². The minimum atomic E-state index is 0.285. The smallest absolute Gasteiger partial charge is 0.188 e. The van der Waals surface area contributed by atoms with E-state index < -0.39 is 0 Å². The lowest BCUT2D eigenvalue weighted by Gasteiger charge is -2.22. The highest BCUT2D eigenvalue weighted by Crippen LogP contribution is 2.47. The Morgan fingerprint density at radius 3 is 1.30 bits per heavy atom. The summed E-state index contributed by atoms with van der Waals surface area (Å²) in [7, 11) is 0. The first-order valence-electron chi connectivity index (χ1n) is 23.8. The molecule has 0 saturated carbocycles. The topological polar surface area (TPSA) is 119 Å². The normalized spacial score (nSPS) is 11.0. The molecule has 0 spiro atoms. The maximum Gasteiger partial charge on any atom is 0.188 e. The molecule has 11 aromatic rings. The Kier molecular flexibility index (Phi) is 11.5. The summed E-state index contributed by atoms with van der Waals surface area (Å²) < 4.78 is 2.23. The van der Waals surface area contributed by atoms with E-state index in [0.717, 1.165) is 55.2 Å². The van der Waals surface area contributed by atoms with Crippen LogP contribution in [-0.4, -0.2) is 19.5 Å². The maximum atomic E-state index is 11.0. The van der Waals surface area contributed by atoms with Crippen LogP contribution in [0.2, 0.25) is 0 Å². The molecule has 0 saturated heterocycles. The number of hydrogen-bond acceptors (Lipinski definition) is 6. The molecule has 0 atom stereocenters. The van der Waals surface area contributed by atoms with Gasteiger partial charge in [0.2, 0.25) is 0 Å². The van der Waals surface area contributed by atoms with Gasteiger partial charge in [-0.1, -0.05) is 150 Å². The minimum Gasteiger partial charge on any atom is -0.308 e. The Labute approximate surface area is 423 Å². The van der Waals surface area contributed by atoms with E-state index in [4.69, 9.17) is 21.5 Å². The van der Waals surface area contributed by atoms with Crippen LogP contribution in [0.25, 0.3) is 111 Å². The predicted molar refractivity (Wildman–Crippen MR) is 292 cm³/mol. The van der Waals surface area contributed by atoms with Crippen LogP contribution in [0.15, 0.2) is 182 Å². The fraction of sp³-hybridized carbons (Fsp3) is 0.0615. The van der Waals surface area contributed by atoms with E-state index in [2.05, 4.69) is 128 Å². The van der Waals surface area contributed by atoms with Gasteiger partial charge in [-0.2, -0.15) is 15.8 Å². The van der Waals surface area contributed by atoms with Crippen LogP contribution in [0.4, 0.5) is 5.69 Å². The summed E-state index contributed by atoms with van der Waals surface area (Å²) in [4.78, 5) is 19.0. The van der Waals surface area contributed by atoms with Gasteiger partial charge in [0, 0.05) is 49.7 Å². The Hall–Kier alpha value is -10.3. The molecule has 8 heteroatoms. The van der Waals surface area contributed by atoms with Crippen molar-refractivity contribution in [3.63, 3.8) is 0 Å². The van der Waals surface area contributed by atoms with Crippen LogP contribution in [0.3, 0.4) is 0 Å².